The number of benzene rings is 1. The summed E-state index contributed by atoms with van der Waals surface area (Å²) in [5, 5.41) is 0. The molecule has 1 aromatic carbocycles. The second-order valence-corrected chi connectivity index (χ2v) is 4.64. The predicted molar refractivity (Wildman–Crippen MR) is 56.8 cm³/mol. The smallest absolute Gasteiger partial charge is 0.0812 e. The average Bonchev–Trinajstić information content (AvgIpc) is 2.47. The molecule has 0 aliphatic heterocycles. The maximum absolute atomic E-state index is 6.00. The van der Waals surface area contributed by atoms with E-state index >= 15 is 0 Å². The summed E-state index contributed by atoms with van der Waals surface area (Å²) in [6.07, 6.45) is 0. The maximum atomic E-state index is 6.00. The molecule has 2 nitrogen and oxygen atoms in total. The van der Waals surface area contributed by atoms with Gasteiger partial charge in [0.15, 0.2) is 0 Å². The van der Waals surface area contributed by atoms with Crippen molar-refractivity contribution >= 4 is 21.6 Å². The van der Waals surface area contributed by atoms with Crippen LogP contribution in [-0.4, -0.2) is 4.98 Å². The number of thiazole rings is 1. The van der Waals surface area contributed by atoms with Gasteiger partial charge < -0.3 is 5.73 Å². The first-order chi connectivity index (χ1) is 6.07. The molecule has 0 aliphatic carbocycles. The molecule has 2 N–H and O–H groups in total. The van der Waals surface area contributed by atoms with E-state index < -0.39 is 0 Å². The van der Waals surface area contributed by atoms with Crippen molar-refractivity contribution in [3.05, 3.63) is 29.3 Å². The lowest BCUT2D eigenvalue weighted by atomic mass is 9.96. The van der Waals surface area contributed by atoms with E-state index in [1.165, 1.54) is 4.70 Å². The Labute approximate surface area is 81.4 Å². The Morgan fingerprint density at radius 1 is 1.38 bits per heavy atom. The molecule has 2 rings (SSSR count). The highest BCUT2D eigenvalue weighted by Crippen LogP contribution is 2.24. The number of hydrogen-bond donors (Lipinski definition) is 1. The summed E-state index contributed by atoms with van der Waals surface area (Å²) in [7, 11) is 0. The van der Waals surface area contributed by atoms with E-state index in [2.05, 4.69) is 11.1 Å². The van der Waals surface area contributed by atoms with E-state index in [1.54, 1.807) is 11.3 Å². The van der Waals surface area contributed by atoms with Crippen molar-refractivity contribution in [1.29, 1.82) is 0 Å². The Morgan fingerprint density at radius 3 is 2.85 bits per heavy atom. The van der Waals surface area contributed by atoms with Gasteiger partial charge in [-0.05, 0) is 31.5 Å². The lowest BCUT2D eigenvalue weighted by Crippen LogP contribution is -2.28. The molecule has 3 heteroatoms. The van der Waals surface area contributed by atoms with Crippen molar-refractivity contribution in [2.75, 3.05) is 0 Å². The van der Waals surface area contributed by atoms with Gasteiger partial charge in [0.1, 0.15) is 0 Å². The highest BCUT2D eigenvalue weighted by Gasteiger charge is 2.14. The molecule has 0 fully saturated rings. The second kappa shape index (κ2) is 2.79. The average molecular weight is 192 g/mol. The van der Waals surface area contributed by atoms with Crippen LogP contribution in [-0.2, 0) is 5.54 Å². The third-order valence-electron chi connectivity index (χ3n) is 2.08. The molecule has 13 heavy (non-hydrogen) atoms. The highest BCUT2D eigenvalue weighted by molar-refractivity contribution is 7.16. The van der Waals surface area contributed by atoms with Gasteiger partial charge in [-0.3, -0.25) is 0 Å². The van der Waals surface area contributed by atoms with Crippen LogP contribution in [0.2, 0.25) is 0 Å². The summed E-state index contributed by atoms with van der Waals surface area (Å²) in [6.45, 7) is 4.02. The largest absolute Gasteiger partial charge is 0.322 e. The first-order valence-electron chi connectivity index (χ1n) is 4.20. The number of nitrogens with zero attached hydrogens (tertiary/aromatic N) is 1. The third-order valence-corrected chi connectivity index (χ3v) is 2.87. The first kappa shape index (κ1) is 8.66. The number of rotatable bonds is 1. The van der Waals surface area contributed by atoms with Crippen LogP contribution in [0.25, 0.3) is 10.2 Å². The summed E-state index contributed by atoms with van der Waals surface area (Å²) >= 11 is 1.65. The lowest BCUT2D eigenvalue weighted by molar-refractivity contribution is 0.555. The fraction of sp³-hybridized carbons (Fsp3) is 0.300. The van der Waals surface area contributed by atoms with Gasteiger partial charge in [0, 0.05) is 5.54 Å². The van der Waals surface area contributed by atoms with Crippen molar-refractivity contribution in [2.24, 2.45) is 5.73 Å². The normalized spacial score (nSPS) is 12.2. The Morgan fingerprint density at radius 2 is 2.15 bits per heavy atom. The Balaban J connectivity index is 2.61. The van der Waals surface area contributed by atoms with Gasteiger partial charge in [0.05, 0.1) is 15.7 Å². The SMILES string of the molecule is CC(C)(N)c1ccc2ncsc2c1. The summed E-state index contributed by atoms with van der Waals surface area (Å²) in [4.78, 5) is 4.22. The molecule has 0 aliphatic rings. The van der Waals surface area contributed by atoms with Crippen molar-refractivity contribution in [1.82, 2.24) is 4.98 Å². The number of aromatic nitrogens is 1. The molecule has 0 spiro atoms. The van der Waals surface area contributed by atoms with Crippen molar-refractivity contribution in [3.8, 4) is 0 Å². The van der Waals surface area contributed by atoms with Crippen LogP contribution in [0, 0.1) is 0 Å². The maximum Gasteiger partial charge on any atom is 0.0812 e. The Hall–Kier alpha value is -0.930. The van der Waals surface area contributed by atoms with Gasteiger partial charge >= 0.3 is 0 Å². The minimum absolute atomic E-state index is 0.266. The van der Waals surface area contributed by atoms with Crippen LogP contribution >= 0.6 is 11.3 Å². The zero-order valence-corrected chi connectivity index (χ0v) is 8.56. The second-order valence-electron chi connectivity index (χ2n) is 3.76. The summed E-state index contributed by atoms with van der Waals surface area (Å²) in [6, 6.07) is 6.19. The summed E-state index contributed by atoms with van der Waals surface area (Å²) in [5.74, 6) is 0. The molecular weight excluding hydrogens is 180 g/mol. The Bertz CT molecular complexity index is 426. The molecule has 2 aromatic rings. The third kappa shape index (κ3) is 1.57. The van der Waals surface area contributed by atoms with Crippen molar-refractivity contribution < 1.29 is 0 Å². The topological polar surface area (TPSA) is 38.9 Å². The van der Waals surface area contributed by atoms with Gasteiger partial charge in [-0.15, -0.1) is 11.3 Å². The Kier molecular flexibility index (Phi) is 1.86. The molecule has 0 saturated carbocycles. The van der Waals surface area contributed by atoms with E-state index in [9.17, 15) is 0 Å². The zero-order valence-electron chi connectivity index (χ0n) is 7.74. The number of hydrogen-bond acceptors (Lipinski definition) is 3. The van der Waals surface area contributed by atoms with Gasteiger partial charge in [0.2, 0.25) is 0 Å². The zero-order chi connectivity index (χ0) is 9.47. The van der Waals surface area contributed by atoms with Gasteiger partial charge in [-0.1, -0.05) is 6.07 Å². The van der Waals surface area contributed by atoms with Gasteiger partial charge in [-0.25, -0.2) is 4.98 Å². The van der Waals surface area contributed by atoms with E-state index in [0.29, 0.717) is 0 Å². The molecule has 68 valence electrons. The van der Waals surface area contributed by atoms with E-state index in [1.807, 2.05) is 31.5 Å². The molecule has 0 atom stereocenters. The summed E-state index contributed by atoms with van der Waals surface area (Å²) < 4.78 is 1.20. The minimum Gasteiger partial charge on any atom is -0.322 e. The molecule has 1 aromatic heterocycles. The van der Waals surface area contributed by atoms with Crippen LogP contribution in [0.1, 0.15) is 19.4 Å². The molecular formula is C10H12N2S. The molecule has 0 bridgehead atoms. The van der Waals surface area contributed by atoms with E-state index in [4.69, 9.17) is 5.73 Å². The van der Waals surface area contributed by atoms with Gasteiger partial charge in [0.25, 0.3) is 0 Å². The van der Waals surface area contributed by atoms with Gasteiger partial charge in [-0.2, -0.15) is 0 Å². The molecule has 0 amide bonds. The van der Waals surface area contributed by atoms with Crippen LogP contribution < -0.4 is 5.73 Å². The quantitative estimate of drug-likeness (QED) is 0.754. The molecule has 0 unspecified atom stereocenters. The van der Waals surface area contributed by atoms with E-state index in [0.717, 1.165) is 11.1 Å². The summed E-state index contributed by atoms with van der Waals surface area (Å²) in [5.41, 5.74) is 9.80. The lowest BCUT2D eigenvalue weighted by Gasteiger charge is -2.18. The standard InChI is InChI=1S/C10H12N2S/c1-10(2,11)7-3-4-8-9(5-7)13-6-12-8/h3-6H,11H2,1-2H3. The molecule has 0 radical (unpaired) electrons. The van der Waals surface area contributed by atoms with E-state index in [-0.39, 0.29) is 5.54 Å². The van der Waals surface area contributed by atoms with Crippen LogP contribution in [0.15, 0.2) is 23.7 Å². The monoisotopic (exact) mass is 192 g/mol. The molecule has 0 saturated heterocycles. The van der Waals surface area contributed by atoms with Crippen LogP contribution in [0.5, 0.6) is 0 Å². The molecule has 1 heterocycles. The number of fused-ring (bicyclic) bond motifs is 1. The number of nitrogens with two attached hydrogens (primary N) is 1. The van der Waals surface area contributed by atoms with Crippen LogP contribution in [0.4, 0.5) is 0 Å². The first-order valence-corrected chi connectivity index (χ1v) is 5.08. The predicted octanol–water partition coefficient (Wildman–Crippen LogP) is 2.49. The van der Waals surface area contributed by atoms with Crippen molar-refractivity contribution in [3.63, 3.8) is 0 Å². The fourth-order valence-corrected chi connectivity index (χ4v) is 1.97. The van der Waals surface area contributed by atoms with Crippen LogP contribution in [0.3, 0.4) is 0 Å². The fourth-order valence-electron chi connectivity index (χ4n) is 1.26. The minimum atomic E-state index is -0.266. The van der Waals surface area contributed by atoms with Crippen molar-refractivity contribution in [2.45, 2.75) is 19.4 Å². The highest BCUT2D eigenvalue weighted by atomic mass is 32.1.